The van der Waals surface area contributed by atoms with E-state index in [2.05, 4.69) is 72.7 Å². The minimum Gasteiger partial charge on any atom is -0.370 e. The molecule has 3 N–H and O–H groups in total. The van der Waals surface area contributed by atoms with Crippen LogP contribution in [0, 0.1) is 6.92 Å². The number of benzene rings is 2. The molecule has 3 heteroatoms. The fourth-order valence-corrected chi connectivity index (χ4v) is 2.29. The SMILES string of the molecule is Cc1ccc(CN=C(N)NCCC(C)c2ccccc2)cc1. The number of aryl methyl sites for hydroxylation is 1. The van der Waals surface area contributed by atoms with Gasteiger partial charge in [0.1, 0.15) is 0 Å². The van der Waals surface area contributed by atoms with E-state index in [-0.39, 0.29) is 0 Å². The first-order chi connectivity index (χ1) is 10.6. The van der Waals surface area contributed by atoms with E-state index in [1.165, 1.54) is 16.7 Å². The highest BCUT2D eigenvalue weighted by molar-refractivity contribution is 5.77. The molecule has 0 aliphatic carbocycles. The molecule has 0 radical (unpaired) electrons. The maximum Gasteiger partial charge on any atom is 0.188 e. The van der Waals surface area contributed by atoms with Crippen LogP contribution in [0.4, 0.5) is 0 Å². The monoisotopic (exact) mass is 295 g/mol. The zero-order valence-electron chi connectivity index (χ0n) is 13.4. The number of nitrogens with zero attached hydrogens (tertiary/aromatic N) is 1. The minimum atomic E-state index is 0.513. The van der Waals surface area contributed by atoms with Gasteiger partial charge in [0.25, 0.3) is 0 Å². The number of guanidine groups is 1. The number of aliphatic imine (C=N–C) groups is 1. The highest BCUT2D eigenvalue weighted by Crippen LogP contribution is 2.17. The molecule has 0 saturated heterocycles. The van der Waals surface area contributed by atoms with Gasteiger partial charge in [-0.25, -0.2) is 4.99 Å². The number of hydrogen-bond donors (Lipinski definition) is 2. The lowest BCUT2D eigenvalue weighted by Crippen LogP contribution is -2.32. The van der Waals surface area contributed by atoms with Crippen molar-refractivity contribution < 1.29 is 0 Å². The maximum absolute atomic E-state index is 5.92. The molecule has 0 heterocycles. The van der Waals surface area contributed by atoms with E-state index in [1.54, 1.807) is 0 Å². The van der Waals surface area contributed by atoms with Gasteiger partial charge in [-0.1, -0.05) is 67.1 Å². The predicted molar refractivity (Wildman–Crippen MR) is 94.0 cm³/mol. The molecule has 0 saturated carbocycles. The molecule has 2 aromatic carbocycles. The summed E-state index contributed by atoms with van der Waals surface area (Å²) in [6.07, 6.45) is 1.03. The average molecular weight is 295 g/mol. The van der Waals surface area contributed by atoms with E-state index in [0.29, 0.717) is 18.4 Å². The van der Waals surface area contributed by atoms with Crippen LogP contribution in [0.2, 0.25) is 0 Å². The summed E-state index contributed by atoms with van der Waals surface area (Å²) in [6.45, 7) is 5.76. The van der Waals surface area contributed by atoms with Gasteiger partial charge >= 0.3 is 0 Å². The second-order valence-electron chi connectivity index (χ2n) is 5.71. The van der Waals surface area contributed by atoms with Gasteiger partial charge in [-0.2, -0.15) is 0 Å². The molecule has 0 aliphatic heterocycles. The smallest absolute Gasteiger partial charge is 0.188 e. The van der Waals surface area contributed by atoms with Gasteiger partial charge in [0.05, 0.1) is 6.54 Å². The van der Waals surface area contributed by atoms with Gasteiger partial charge in [-0.05, 0) is 30.4 Å². The number of hydrogen-bond acceptors (Lipinski definition) is 1. The second kappa shape index (κ2) is 8.23. The number of nitrogens with two attached hydrogens (primary N) is 1. The zero-order valence-corrected chi connectivity index (χ0v) is 13.4. The fraction of sp³-hybridized carbons (Fsp3) is 0.316. The topological polar surface area (TPSA) is 50.4 Å². The van der Waals surface area contributed by atoms with Crippen molar-refractivity contribution in [2.24, 2.45) is 10.7 Å². The largest absolute Gasteiger partial charge is 0.370 e. The van der Waals surface area contributed by atoms with Gasteiger partial charge in [-0.15, -0.1) is 0 Å². The first kappa shape index (κ1) is 16.1. The van der Waals surface area contributed by atoms with E-state index >= 15 is 0 Å². The Morgan fingerprint density at radius 3 is 2.45 bits per heavy atom. The van der Waals surface area contributed by atoms with Crippen LogP contribution in [-0.2, 0) is 6.54 Å². The molecule has 22 heavy (non-hydrogen) atoms. The van der Waals surface area contributed by atoms with Crippen molar-refractivity contribution in [2.75, 3.05) is 6.54 Å². The van der Waals surface area contributed by atoms with Crippen molar-refractivity contribution in [2.45, 2.75) is 32.7 Å². The Bertz CT molecular complexity index is 588. The molecule has 3 nitrogen and oxygen atoms in total. The Morgan fingerprint density at radius 2 is 1.77 bits per heavy atom. The normalized spacial score (nSPS) is 12.9. The summed E-state index contributed by atoms with van der Waals surface area (Å²) >= 11 is 0. The standard InChI is InChI=1S/C19H25N3/c1-15-8-10-17(11-9-15)14-22-19(20)21-13-12-16(2)18-6-4-3-5-7-18/h3-11,16H,12-14H2,1-2H3,(H3,20,21,22). The maximum atomic E-state index is 5.92. The van der Waals surface area contributed by atoms with Crippen molar-refractivity contribution in [3.8, 4) is 0 Å². The second-order valence-corrected chi connectivity index (χ2v) is 5.71. The summed E-state index contributed by atoms with van der Waals surface area (Å²) < 4.78 is 0. The first-order valence-corrected chi connectivity index (χ1v) is 7.79. The van der Waals surface area contributed by atoms with Gasteiger partial charge in [0.15, 0.2) is 5.96 Å². The molecule has 0 aliphatic rings. The third kappa shape index (κ3) is 5.24. The molecule has 116 valence electrons. The summed E-state index contributed by atoms with van der Waals surface area (Å²) in [6, 6.07) is 18.9. The summed E-state index contributed by atoms with van der Waals surface area (Å²) in [4.78, 5) is 4.38. The Hall–Kier alpha value is -2.29. The van der Waals surface area contributed by atoms with E-state index in [9.17, 15) is 0 Å². The van der Waals surface area contributed by atoms with Crippen molar-refractivity contribution in [1.29, 1.82) is 0 Å². The van der Waals surface area contributed by atoms with Crippen molar-refractivity contribution in [3.05, 3.63) is 71.3 Å². The molecule has 0 spiro atoms. The molecule has 0 amide bonds. The Kier molecular flexibility index (Phi) is 6.01. The molecule has 1 unspecified atom stereocenters. The quantitative estimate of drug-likeness (QED) is 0.632. The van der Waals surface area contributed by atoms with Crippen LogP contribution < -0.4 is 11.1 Å². The summed E-state index contributed by atoms with van der Waals surface area (Å²) in [5.41, 5.74) is 9.71. The van der Waals surface area contributed by atoms with Crippen LogP contribution in [0.1, 0.15) is 36.0 Å². The van der Waals surface area contributed by atoms with Gasteiger partial charge in [0, 0.05) is 6.54 Å². The molecule has 2 aromatic rings. The Morgan fingerprint density at radius 1 is 1.09 bits per heavy atom. The minimum absolute atomic E-state index is 0.513. The van der Waals surface area contributed by atoms with Crippen molar-refractivity contribution in [3.63, 3.8) is 0 Å². The zero-order chi connectivity index (χ0) is 15.8. The molecule has 0 aromatic heterocycles. The third-order valence-corrected chi connectivity index (χ3v) is 3.80. The fourth-order valence-electron chi connectivity index (χ4n) is 2.29. The van der Waals surface area contributed by atoms with Gasteiger partial charge in [0.2, 0.25) is 0 Å². The van der Waals surface area contributed by atoms with Crippen LogP contribution >= 0.6 is 0 Å². The average Bonchev–Trinajstić information content (AvgIpc) is 2.55. The molecule has 1 atom stereocenters. The summed E-state index contributed by atoms with van der Waals surface area (Å²) in [5, 5.41) is 3.19. The van der Waals surface area contributed by atoms with E-state index in [4.69, 9.17) is 5.73 Å². The molecule has 2 rings (SSSR count). The first-order valence-electron chi connectivity index (χ1n) is 7.79. The third-order valence-electron chi connectivity index (χ3n) is 3.80. The van der Waals surface area contributed by atoms with Crippen LogP contribution in [0.25, 0.3) is 0 Å². The lowest BCUT2D eigenvalue weighted by atomic mass is 9.98. The lowest BCUT2D eigenvalue weighted by Gasteiger charge is -2.12. The highest BCUT2D eigenvalue weighted by Gasteiger charge is 2.04. The lowest BCUT2D eigenvalue weighted by molar-refractivity contribution is 0.659. The Labute approximate surface area is 133 Å². The van der Waals surface area contributed by atoms with Gasteiger partial charge in [-0.3, -0.25) is 0 Å². The molecule has 0 fully saturated rings. The van der Waals surface area contributed by atoms with Crippen molar-refractivity contribution >= 4 is 5.96 Å². The van der Waals surface area contributed by atoms with E-state index < -0.39 is 0 Å². The Balaban J connectivity index is 1.74. The van der Waals surface area contributed by atoms with E-state index in [1.807, 2.05) is 6.07 Å². The van der Waals surface area contributed by atoms with Crippen LogP contribution in [-0.4, -0.2) is 12.5 Å². The predicted octanol–water partition coefficient (Wildman–Crippen LogP) is 3.59. The van der Waals surface area contributed by atoms with Crippen molar-refractivity contribution in [1.82, 2.24) is 5.32 Å². The van der Waals surface area contributed by atoms with Crippen LogP contribution in [0.3, 0.4) is 0 Å². The van der Waals surface area contributed by atoms with Gasteiger partial charge < -0.3 is 11.1 Å². The summed E-state index contributed by atoms with van der Waals surface area (Å²) in [5.74, 6) is 1.03. The number of rotatable bonds is 6. The van der Waals surface area contributed by atoms with Crippen LogP contribution in [0.15, 0.2) is 59.6 Å². The molecule has 0 bridgehead atoms. The van der Waals surface area contributed by atoms with Crippen LogP contribution in [0.5, 0.6) is 0 Å². The van der Waals surface area contributed by atoms with E-state index in [0.717, 1.165) is 13.0 Å². The highest BCUT2D eigenvalue weighted by atomic mass is 15.1. The molecular formula is C19H25N3. The summed E-state index contributed by atoms with van der Waals surface area (Å²) in [7, 11) is 0. The molecular weight excluding hydrogens is 270 g/mol. The number of nitrogens with one attached hydrogen (secondary N) is 1.